The highest BCUT2D eigenvalue weighted by Crippen LogP contribution is 2.43. The first-order valence-corrected chi connectivity index (χ1v) is 5.46. The number of ether oxygens (including phenoxy) is 1. The summed E-state index contributed by atoms with van der Waals surface area (Å²) in [6.45, 7) is 0.682. The average Bonchev–Trinajstić information content (AvgIpc) is 2.61. The molecule has 7 heteroatoms. The van der Waals surface area contributed by atoms with Crippen LogP contribution in [0.25, 0.3) is 0 Å². The molecule has 88 valence electrons. The van der Waals surface area contributed by atoms with Crippen LogP contribution in [0.4, 0.5) is 0 Å². The Morgan fingerprint density at radius 2 is 2.00 bits per heavy atom. The van der Waals surface area contributed by atoms with Crippen LogP contribution in [0.15, 0.2) is 9.59 Å². The van der Waals surface area contributed by atoms with Gasteiger partial charge in [0.25, 0.3) is 0 Å². The van der Waals surface area contributed by atoms with Crippen molar-refractivity contribution in [3.05, 3.63) is 21.0 Å². The van der Waals surface area contributed by atoms with Crippen molar-refractivity contribution in [2.75, 3.05) is 6.61 Å². The van der Waals surface area contributed by atoms with E-state index < -0.39 is 11.4 Å². The van der Waals surface area contributed by atoms with E-state index in [0.29, 0.717) is 6.61 Å². The third-order valence-corrected chi connectivity index (χ3v) is 3.65. The van der Waals surface area contributed by atoms with Crippen molar-refractivity contribution in [1.29, 1.82) is 0 Å². The molecule has 0 aromatic carbocycles. The minimum Gasteiger partial charge on any atom is -0.376 e. The van der Waals surface area contributed by atoms with Gasteiger partial charge in [0.2, 0.25) is 0 Å². The van der Waals surface area contributed by atoms with Gasteiger partial charge in [0, 0.05) is 18.6 Å². The second-order valence-electron chi connectivity index (χ2n) is 4.44. The molecule has 1 aromatic rings. The molecule has 0 spiro atoms. The summed E-state index contributed by atoms with van der Waals surface area (Å²) in [5.74, 6) is 0.278. The van der Waals surface area contributed by atoms with Crippen molar-refractivity contribution >= 4 is 0 Å². The maximum absolute atomic E-state index is 11.5. The lowest BCUT2D eigenvalue weighted by Crippen LogP contribution is -2.65. The van der Waals surface area contributed by atoms with Gasteiger partial charge < -0.3 is 10.5 Å². The lowest BCUT2D eigenvalue weighted by atomic mass is 9.68. The topological polar surface area (TPSA) is 106 Å². The molecule has 4 N–H and O–H groups in total. The van der Waals surface area contributed by atoms with E-state index in [1.54, 1.807) is 0 Å². The number of aromatic amines is 2. The Kier molecular flexibility index (Phi) is 2.05. The van der Waals surface area contributed by atoms with Crippen molar-refractivity contribution in [1.82, 2.24) is 14.8 Å². The minimum absolute atomic E-state index is 0.0849. The monoisotopic (exact) mass is 226 g/mol. The third kappa shape index (κ3) is 1.15. The van der Waals surface area contributed by atoms with Crippen molar-refractivity contribution in [3.63, 3.8) is 0 Å². The van der Waals surface area contributed by atoms with Crippen molar-refractivity contribution in [2.45, 2.75) is 31.0 Å². The zero-order valence-electron chi connectivity index (χ0n) is 8.68. The average molecular weight is 226 g/mol. The van der Waals surface area contributed by atoms with Gasteiger partial charge in [-0.25, -0.2) is 24.4 Å². The fourth-order valence-electron chi connectivity index (χ4n) is 2.83. The number of nitrogens with one attached hydrogen (secondary N) is 2. The fourth-order valence-corrected chi connectivity index (χ4v) is 2.83. The molecule has 16 heavy (non-hydrogen) atoms. The van der Waals surface area contributed by atoms with Crippen LogP contribution in [-0.4, -0.2) is 33.5 Å². The summed E-state index contributed by atoms with van der Waals surface area (Å²) in [7, 11) is 0. The van der Waals surface area contributed by atoms with Crippen LogP contribution in [-0.2, 0) is 4.74 Å². The van der Waals surface area contributed by atoms with Gasteiger partial charge >= 0.3 is 11.4 Å². The number of H-pyrrole nitrogens is 2. The number of fused-ring (bicyclic) bond motifs is 1. The molecule has 1 saturated carbocycles. The predicted octanol–water partition coefficient (Wildman–Crippen LogP) is -1.46. The number of nitrogens with zero attached hydrogens (tertiary/aromatic N) is 1. The van der Waals surface area contributed by atoms with E-state index in [4.69, 9.17) is 10.5 Å². The molecule has 0 amide bonds. The number of aromatic nitrogens is 3. The van der Waals surface area contributed by atoms with Gasteiger partial charge in [-0.1, -0.05) is 0 Å². The molecule has 2 fully saturated rings. The van der Waals surface area contributed by atoms with Gasteiger partial charge in [0.05, 0.1) is 12.1 Å². The Bertz CT molecular complexity index is 474. The first-order valence-electron chi connectivity index (χ1n) is 5.46. The maximum Gasteiger partial charge on any atom is 0.344 e. The van der Waals surface area contributed by atoms with Gasteiger partial charge in [-0.2, -0.15) is 0 Å². The molecule has 0 bridgehead atoms. The molecule has 1 saturated heterocycles. The molecular weight excluding hydrogens is 212 g/mol. The number of hydrogen-bond donors (Lipinski definition) is 3. The predicted molar refractivity (Wildman–Crippen MR) is 55.1 cm³/mol. The zero-order chi connectivity index (χ0) is 11.3. The maximum atomic E-state index is 11.5. The van der Waals surface area contributed by atoms with Gasteiger partial charge in [-0.05, 0) is 12.8 Å². The van der Waals surface area contributed by atoms with Crippen LogP contribution in [0.2, 0.25) is 0 Å². The molecule has 3 rings (SSSR count). The van der Waals surface area contributed by atoms with E-state index >= 15 is 0 Å². The molecule has 4 unspecified atom stereocenters. The molecule has 2 aliphatic rings. The Morgan fingerprint density at radius 1 is 1.31 bits per heavy atom. The fraction of sp³-hybridized carbons (Fsp3) is 0.778. The van der Waals surface area contributed by atoms with Crippen LogP contribution in [0.1, 0.15) is 18.9 Å². The summed E-state index contributed by atoms with van der Waals surface area (Å²) in [4.78, 5) is 22.9. The quantitative estimate of drug-likeness (QED) is 0.544. The molecule has 2 heterocycles. The van der Waals surface area contributed by atoms with Crippen LogP contribution in [0.3, 0.4) is 0 Å². The Labute approximate surface area is 90.6 Å². The smallest absolute Gasteiger partial charge is 0.344 e. The SMILES string of the molecule is NC1C2CCCOC2C1n1c(=O)[nH][nH]c1=O. The minimum atomic E-state index is -0.446. The highest BCUT2D eigenvalue weighted by atomic mass is 16.5. The van der Waals surface area contributed by atoms with Crippen LogP contribution in [0.5, 0.6) is 0 Å². The molecule has 7 nitrogen and oxygen atoms in total. The van der Waals surface area contributed by atoms with Crippen molar-refractivity contribution in [2.24, 2.45) is 11.7 Å². The summed E-state index contributed by atoms with van der Waals surface area (Å²) in [6.07, 6.45) is 1.93. The van der Waals surface area contributed by atoms with Crippen molar-refractivity contribution < 1.29 is 4.74 Å². The second kappa shape index (κ2) is 3.33. The van der Waals surface area contributed by atoms with E-state index in [0.717, 1.165) is 17.4 Å². The van der Waals surface area contributed by atoms with E-state index in [9.17, 15) is 9.59 Å². The van der Waals surface area contributed by atoms with E-state index in [2.05, 4.69) is 10.2 Å². The Balaban J connectivity index is 1.97. The van der Waals surface area contributed by atoms with Gasteiger partial charge in [-0.3, -0.25) is 0 Å². The lowest BCUT2D eigenvalue weighted by molar-refractivity contribution is -0.135. The van der Waals surface area contributed by atoms with Gasteiger partial charge in [0.15, 0.2) is 0 Å². The summed E-state index contributed by atoms with van der Waals surface area (Å²) in [5, 5.41) is 4.52. The highest BCUT2D eigenvalue weighted by molar-refractivity contribution is 5.06. The summed E-state index contributed by atoms with van der Waals surface area (Å²) in [5.41, 5.74) is 5.11. The molecule has 1 aliphatic carbocycles. The normalized spacial score (nSPS) is 37.8. The summed E-state index contributed by atoms with van der Waals surface area (Å²) >= 11 is 0. The van der Waals surface area contributed by atoms with E-state index in [1.165, 1.54) is 0 Å². The lowest BCUT2D eigenvalue weighted by Gasteiger charge is -2.51. The molecule has 1 aliphatic heterocycles. The Hall–Kier alpha value is -1.34. The van der Waals surface area contributed by atoms with Crippen LogP contribution < -0.4 is 17.1 Å². The van der Waals surface area contributed by atoms with Gasteiger partial charge in [0.1, 0.15) is 0 Å². The van der Waals surface area contributed by atoms with Gasteiger partial charge in [-0.15, -0.1) is 0 Å². The number of rotatable bonds is 1. The second-order valence-corrected chi connectivity index (χ2v) is 4.44. The highest BCUT2D eigenvalue weighted by Gasteiger charge is 2.52. The zero-order valence-corrected chi connectivity index (χ0v) is 8.68. The standard InChI is InChI=1S/C9H14N4O3/c10-5-4-2-1-3-16-7(4)6(5)13-8(14)11-12-9(13)15/h4-7H,1-3,10H2,(H,11,14)(H,12,15). The third-order valence-electron chi connectivity index (χ3n) is 3.65. The first kappa shape index (κ1) is 9.86. The van der Waals surface area contributed by atoms with Crippen LogP contribution >= 0.6 is 0 Å². The first-order chi connectivity index (χ1) is 7.70. The van der Waals surface area contributed by atoms with Crippen molar-refractivity contribution in [3.8, 4) is 0 Å². The summed E-state index contributed by atoms with van der Waals surface area (Å²) < 4.78 is 6.72. The van der Waals surface area contributed by atoms with Crippen LogP contribution in [0, 0.1) is 5.92 Å². The number of hydrogen-bond acceptors (Lipinski definition) is 4. The Morgan fingerprint density at radius 3 is 2.69 bits per heavy atom. The molecule has 4 atom stereocenters. The largest absolute Gasteiger partial charge is 0.376 e. The summed E-state index contributed by atoms with van der Waals surface area (Å²) in [6, 6.07) is -0.493. The van der Waals surface area contributed by atoms with E-state index in [1.807, 2.05) is 0 Å². The molecule has 0 radical (unpaired) electrons. The molecule has 1 aromatic heterocycles. The number of nitrogens with two attached hydrogens (primary N) is 1. The van der Waals surface area contributed by atoms with E-state index in [-0.39, 0.29) is 24.1 Å². The molecular formula is C9H14N4O3.